The molecule has 0 aliphatic carbocycles. The lowest BCUT2D eigenvalue weighted by Crippen LogP contribution is -2.07. The summed E-state index contributed by atoms with van der Waals surface area (Å²) < 4.78 is 13.0. The van der Waals surface area contributed by atoms with Crippen molar-refractivity contribution in [1.82, 2.24) is 0 Å². The van der Waals surface area contributed by atoms with Crippen LogP contribution in [0.4, 0.5) is 4.39 Å². The molecule has 3 nitrogen and oxygen atoms in total. The predicted molar refractivity (Wildman–Crippen MR) is 46.5 cm³/mol. The fraction of sp³-hybridized carbons (Fsp3) is 0. The van der Waals surface area contributed by atoms with E-state index in [-0.39, 0.29) is 5.82 Å². The number of halogens is 2. The highest BCUT2D eigenvalue weighted by Gasteiger charge is 1.92. The zero-order valence-corrected chi connectivity index (χ0v) is 7.57. The van der Waals surface area contributed by atoms with E-state index in [1.807, 2.05) is 0 Å². The first-order valence-electron chi connectivity index (χ1n) is 2.97. The van der Waals surface area contributed by atoms with Crippen molar-refractivity contribution in [3.63, 3.8) is 0 Å². The van der Waals surface area contributed by atoms with E-state index in [1.54, 1.807) is 12.1 Å². The van der Waals surface area contributed by atoms with Crippen LogP contribution in [-0.4, -0.2) is 22.4 Å². The zero-order valence-electron chi connectivity index (χ0n) is 5.98. The van der Waals surface area contributed by atoms with E-state index in [4.69, 9.17) is 15.1 Å². The molecule has 1 aromatic rings. The Labute approximate surface area is 77.8 Å². The molecule has 0 aliphatic rings. The van der Waals surface area contributed by atoms with Crippen molar-refractivity contribution in [3.05, 3.63) is 34.6 Å². The smallest absolute Gasteiger partial charge is 0.402 e. The summed E-state index contributed by atoms with van der Waals surface area (Å²) in [6.45, 7) is 0. The van der Waals surface area contributed by atoms with Crippen molar-refractivity contribution >= 4 is 23.3 Å². The summed E-state index contributed by atoms with van der Waals surface area (Å²) in [6, 6.07) is 6.14. The summed E-state index contributed by atoms with van der Waals surface area (Å²) in [7, 11) is -2.17. The van der Waals surface area contributed by atoms with Crippen molar-refractivity contribution in [3.8, 4) is 0 Å². The summed E-state index contributed by atoms with van der Waals surface area (Å²) >= 11 is 3.18. The van der Waals surface area contributed by atoms with Gasteiger partial charge in [0.15, 0.2) is 0 Å². The van der Waals surface area contributed by atoms with Crippen molar-refractivity contribution in [1.29, 1.82) is 0 Å². The summed E-state index contributed by atoms with van der Waals surface area (Å²) in [6.07, 6.45) is 0. The maximum Gasteiger partial charge on any atom is 0.631 e. The molecule has 1 rings (SSSR count). The molecule has 1 aromatic carbocycles. The van der Waals surface area contributed by atoms with Gasteiger partial charge in [-0.15, -0.1) is 0 Å². The van der Waals surface area contributed by atoms with Crippen LogP contribution in [0.25, 0.3) is 0 Å². The third-order valence-corrected chi connectivity index (χ3v) is 1.33. The van der Waals surface area contributed by atoms with Gasteiger partial charge in [-0.25, -0.2) is 4.39 Å². The Balaban J connectivity index is 0.000000261. The van der Waals surface area contributed by atoms with Gasteiger partial charge in [0.25, 0.3) is 0 Å². The number of hydrogen-bond donors (Lipinski definition) is 3. The summed E-state index contributed by atoms with van der Waals surface area (Å²) in [5.74, 6) is -0.201. The standard InChI is InChI=1S/C6H4BrF.BH3O3/c7-5-1-3-6(8)4-2-5;2-1(3)4/h1-4H;2-4H. The van der Waals surface area contributed by atoms with Crippen LogP contribution in [0.2, 0.25) is 0 Å². The van der Waals surface area contributed by atoms with Gasteiger partial charge in [0.1, 0.15) is 5.82 Å². The second kappa shape index (κ2) is 6.13. The molecule has 0 fully saturated rings. The quantitative estimate of drug-likeness (QED) is 0.577. The van der Waals surface area contributed by atoms with Crippen molar-refractivity contribution in [2.45, 2.75) is 0 Å². The van der Waals surface area contributed by atoms with Crippen molar-refractivity contribution in [2.75, 3.05) is 0 Å². The van der Waals surface area contributed by atoms with Crippen LogP contribution in [0.1, 0.15) is 0 Å². The SMILES string of the molecule is Fc1ccc(Br)cc1.OB(O)O. The third-order valence-electron chi connectivity index (χ3n) is 0.804. The molecular weight excluding hydrogens is 230 g/mol. The van der Waals surface area contributed by atoms with Gasteiger partial charge in [0, 0.05) is 4.47 Å². The minimum absolute atomic E-state index is 0.201. The molecule has 12 heavy (non-hydrogen) atoms. The Morgan fingerprint density at radius 2 is 1.42 bits per heavy atom. The first-order chi connectivity index (χ1) is 5.52. The Hall–Kier alpha value is -0.425. The average molecular weight is 237 g/mol. The van der Waals surface area contributed by atoms with Gasteiger partial charge in [0.2, 0.25) is 0 Å². The van der Waals surface area contributed by atoms with Crippen LogP contribution in [-0.2, 0) is 0 Å². The normalized spacial score (nSPS) is 8.42. The highest BCUT2D eigenvalue weighted by atomic mass is 79.9. The Bertz CT molecular complexity index is 193. The van der Waals surface area contributed by atoms with E-state index in [1.165, 1.54) is 12.1 Å². The predicted octanol–water partition coefficient (Wildman–Crippen LogP) is 0.536. The van der Waals surface area contributed by atoms with Gasteiger partial charge < -0.3 is 15.1 Å². The first kappa shape index (κ1) is 11.6. The van der Waals surface area contributed by atoms with Crippen molar-refractivity contribution in [2.24, 2.45) is 0 Å². The molecule has 0 bridgehead atoms. The average Bonchev–Trinajstić information content (AvgIpc) is 1.94. The molecule has 0 atom stereocenters. The monoisotopic (exact) mass is 236 g/mol. The minimum atomic E-state index is -2.17. The topological polar surface area (TPSA) is 60.7 Å². The van der Waals surface area contributed by atoms with Gasteiger partial charge in [-0.05, 0) is 24.3 Å². The lowest BCUT2D eigenvalue weighted by Gasteiger charge is -1.85. The molecule has 0 spiro atoms. The molecule has 0 saturated carbocycles. The van der Waals surface area contributed by atoms with Crippen LogP contribution < -0.4 is 0 Å². The molecule has 0 radical (unpaired) electrons. The van der Waals surface area contributed by atoms with Crippen LogP contribution in [0, 0.1) is 5.82 Å². The fourth-order valence-electron chi connectivity index (χ4n) is 0.430. The Kier molecular flexibility index (Phi) is 5.91. The maximum absolute atomic E-state index is 12.1. The van der Waals surface area contributed by atoms with Crippen LogP contribution in [0.3, 0.4) is 0 Å². The summed E-state index contributed by atoms with van der Waals surface area (Å²) in [4.78, 5) is 0. The first-order valence-corrected chi connectivity index (χ1v) is 3.77. The molecule has 0 saturated heterocycles. The summed E-state index contributed by atoms with van der Waals surface area (Å²) in [5, 5.41) is 21.5. The van der Waals surface area contributed by atoms with Crippen LogP contribution >= 0.6 is 15.9 Å². The lowest BCUT2D eigenvalue weighted by atomic mass is 10.3. The van der Waals surface area contributed by atoms with Gasteiger partial charge in [-0.1, -0.05) is 15.9 Å². The van der Waals surface area contributed by atoms with Gasteiger partial charge >= 0.3 is 7.32 Å². The van der Waals surface area contributed by atoms with Gasteiger partial charge in [0.05, 0.1) is 0 Å². The van der Waals surface area contributed by atoms with Gasteiger partial charge in [-0.2, -0.15) is 0 Å². The zero-order chi connectivity index (χ0) is 9.56. The molecule has 3 N–H and O–H groups in total. The molecule has 0 aromatic heterocycles. The van der Waals surface area contributed by atoms with Gasteiger partial charge in [-0.3, -0.25) is 0 Å². The maximum atomic E-state index is 12.1. The van der Waals surface area contributed by atoms with Crippen LogP contribution in [0.5, 0.6) is 0 Å². The van der Waals surface area contributed by atoms with E-state index in [0.717, 1.165) is 4.47 Å². The Morgan fingerprint density at radius 3 is 1.67 bits per heavy atom. The van der Waals surface area contributed by atoms with E-state index in [2.05, 4.69) is 15.9 Å². The van der Waals surface area contributed by atoms with Crippen molar-refractivity contribution < 1.29 is 19.5 Å². The number of benzene rings is 1. The highest BCUT2D eigenvalue weighted by Crippen LogP contribution is 2.08. The second-order valence-corrected chi connectivity index (χ2v) is 2.70. The molecule has 0 aliphatic heterocycles. The van der Waals surface area contributed by atoms with Crippen LogP contribution in [0.15, 0.2) is 28.7 Å². The second-order valence-electron chi connectivity index (χ2n) is 1.78. The fourth-order valence-corrected chi connectivity index (χ4v) is 0.694. The molecule has 0 amide bonds. The van der Waals surface area contributed by atoms with E-state index < -0.39 is 7.32 Å². The molecular formula is C6H7BBrFO3. The highest BCUT2D eigenvalue weighted by molar-refractivity contribution is 9.10. The minimum Gasteiger partial charge on any atom is -0.402 e. The molecule has 66 valence electrons. The molecule has 0 heterocycles. The van der Waals surface area contributed by atoms with E-state index in [9.17, 15) is 4.39 Å². The lowest BCUT2D eigenvalue weighted by molar-refractivity contribution is 0.278. The summed E-state index contributed by atoms with van der Waals surface area (Å²) in [5.41, 5.74) is 0. The molecule has 0 unspecified atom stereocenters. The number of hydrogen-bond acceptors (Lipinski definition) is 3. The Morgan fingerprint density at radius 1 is 1.08 bits per heavy atom. The third kappa shape index (κ3) is 7.68. The number of rotatable bonds is 0. The van der Waals surface area contributed by atoms with E-state index in [0.29, 0.717) is 0 Å². The molecule has 6 heteroatoms. The largest absolute Gasteiger partial charge is 0.631 e. The van der Waals surface area contributed by atoms with E-state index >= 15 is 0 Å².